The van der Waals surface area contributed by atoms with Crippen LogP contribution >= 0.6 is 7.60 Å². The maximum absolute atomic E-state index is 11.3. The SMILES string of the molecule is COc1cc2ncnc(N3CCC[C@H](CP(=O)(O)O)CC3)c2cc1OC. The molecule has 0 amide bonds. The number of aromatic nitrogens is 2. The highest BCUT2D eigenvalue weighted by Gasteiger charge is 2.25. The minimum atomic E-state index is -3.98. The van der Waals surface area contributed by atoms with Crippen LogP contribution in [0.4, 0.5) is 5.82 Å². The molecule has 1 atom stereocenters. The van der Waals surface area contributed by atoms with Gasteiger partial charge in [-0.2, -0.15) is 0 Å². The summed E-state index contributed by atoms with van der Waals surface area (Å²) in [7, 11) is -0.805. The molecule has 0 bridgehead atoms. The second kappa shape index (κ2) is 7.78. The topological polar surface area (TPSA) is 105 Å². The summed E-state index contributed by atoms with van der Waals surface area (Å²) < 4.78 is 22.0. The van der Waals surface area contributed by atoms with Gasteiger partial charge in [-0.25, -0.2) is 9.97 Å². The summed E-state index contributed by atoms with van der Waals surface area (Å²) in [6, 6.07) is 3.70. The number of ether oxygens (including phenoxy) is 2. The van der Waals surface area contributed by atoms with Crippen LogP contribution in [0, 0.1) is 5.92 Å². The second-order valence-electron chi connectivity index (χ2n) is 6.55. The zero-order valence-electron chi connectivity index (χ0n) is 15.0. The van der Waals surface area contributed by atoms with Crippen molar-refractivity contribution in [2.24, 2.45) is 5.92 Å². The summed E-state index contributed by atoms with van der Waals surface area (Å²) >= 11 is 0. The number of fused-ring (bicyclic) bond motifs is 1. The third-order valence-electron chi connectivity index (χ3n) is 4.76. The van der Waals surface area contributed by atoms with Crippen LogP contribution in [-0.2, 0) is 4.57 Å². The Bertz CT molecular complexity index is 825. The Morgan fingerprint density at radius 1 is 1.15 bits per heavy atom. The summed E-state index contributed by atoms with van der Waals surface area (Å²) in [5, 5.41) is 0.874. The molecule has 0 radical (unpaired) electrons. The van der Waals surface area contributed by atoms with E-state index in [1.807, 2.05) is 12.1 Å². The van der Waals surface area contributed by atoms with E-state index in [4.69, 9.17) is 9.47 Å². The molecule has 1 fully saturated rings. The van der Waals surface area contributed by atoms with E-state index in [0.717, 1.165) is 42.5 Å². The van der Waals surface area contributed by atoms with Gasteiger partial charge in [0.15, 0.2) is 11.5 Å². The van der Waals surface area contributed by atoms with Crippen LogP contribution in [0.25, 0.3) is 10.9 Å². The molecule has 0 spiro atoms. The fourth-order valence-electron chi connectivity index (χ4n) is 3.52. The fraction of sp³-hybridized carbons (Fsp3) is 0.529. The van der Waals surface area contributed by atoms with Crippen LogP contribution in [0.1, 0.15) is 19.3 Å². The molecule has 0 aliphatic carbocycles. The van der Waals surface area contributed by atoms with Gasteiger partial charge in [0.05, 0.1) is 25.9 Å². The van der Waals surface area contributed by atoms with Crippen molar-refractivity contribution in [3.63, 3.8) is 0 Å². The van der Waals surface area contributed by atoms with E-state index >= 15 is 0 Å². The molecule has 8 nitrogen and oxygen atoms in total. The van der Waals surface area contributed by atoms with Gasteiger partial charge in [-0.1, -0.05) is 0 Å². The Morgan fingerprint density at radius 2 is 1.88 bits per heavy atom. The Balaban J connectivity index is 1.89. The first-order valence-corrected chi connectivity index (χ1v) is 10.4. The Morgan fingerprint density at radius 3 is 2.58 bits per heavy atom. The van der Waals surface area contributed by atoms with Gasteiger partial charge < -0.3 is 24.2 Å². The third kappa shape index (κ3) is 4.26. The summed E-state index contributed by atoms with van der Waals surface area (Å²) in [4.78, 5) is 29.4. The van der Waals surface area contributed by atoms with Crippen LogP contribution in [0.3, 0.4) is 0 Å². The molecule has 2 N–H and O–H groups in total. The van der Waals surface area contributed by atoms with Crippen LogP contribution in [0.15, 0.2) is 18.5 Å². The van der Waals surface area contributed by atoms with Crippen LogP contribution in [-0.4, -0.2) is 53.2 Å². The van der Waals surface area contributed by atoms with E-state index in [1.165, 1.54) is 6.33 Å². The van der Waals surface area contributed by atoms with Gasteiger partial charge in [0.2, 0.25) is 0 Å². The third-order valence-corrected chi connectivity index (χ3v) is 5.75. The molecule has 1 aliphatic rings. The Kier molecular flexibility index (Phi) is 5.65. The molecule has 0 unspecified atom stereocenters. The summed E-state index contributed by atoms with van der Waals surface area (Å²) in [6.45, 7) is 1.49. The number of methoxy groups -OCH3 is 2. The lowest BCUT2D eigenvalue weighted by Crippen LogP contribution is -2.25. The van der Waals surface area contributed by atoms with E-state index in [2.05, 4.69) is 14.9 Å². The average Bonchev–Trinajstić information content (AvgIpc) is 2.83. The average molecular weight is 381 g/mol. The number of hydrogen-bond donors (Lipinski definition) is 2. The monoisotopic (exact) mass is 381 g/mol. The minimum Gasteiger partial charge on any atom is -0.493 e. The molecule has 2 aromatic rings. The lowest BCUT2D eigenvalue weighted by atomic mass is 10.0. The van der Waals surface area contributed by atoms with Crippen LogP contribution in [0.5, 0.6) is 11.5 Å². The van der Waals surface area contributed by atoms with E-state index in [0.29, 0.717) is 18.0 Å². The fourth-order valence-corrected chi connectivity index (χ4v) is 4.56. The van der Waals surface area contributed by atoms with E-state index in [1.54, 1.807) is 14.2 Å². The molecular weight excluding hydrogens is 357 g/mol. The van der Waals surface area contributed by atoms with Crippen molar-refractivity contribution in [3.05, 3.63) is 18.5 Å². The molecule has 1 aliphatic heterocycles. The molecule has 142 valence electrons. The lowest BCUT2D eigenvalue weighted by molar-refractivity contribution is 0.355. The van der Waals surface area contributed by atoms with E-state index in [9.17, 15) is 14.4 Å². The molecular formula is C17H24N3O5P. The Labute approximate surface area is 152 Å². The smallest absolute Gasteiger partial charge is 0.325 e. The van der Waals surface area contributed by atoms with Crippen molar-refractivity contribution in [1.82, 2.24) is 9.97 Å². The molecule has 2 heterocycles. The predicted octanol–water partition coefficient (Wildman–Crippen LogP) is 2.43. The number of anilines is 1. The molecule has 26 heavy (non-hydrogen) atoms. The first-order valence-electron chi connectivity index (χ1n) is 8.57. The number of rotatable bonds is 5. The zero-order valence-corrected chi connectivity index (χ0v) is 15.9. The first-order chi connectivity index (χ1) is 12.4. The van der Waals surface area contributed by atoms with Crippen LogP contribution in [0.2, 0.25) is 0 Å². The van der Waals surface area contributed by atoms with Gasteiger partial charge in [0, 0.05) is 24.5 Å². The number of hydrogen-bond acceptors (Lipinski definition) is 6. The maximum Gasteiger partial charge on any atom is 0.325 e. The molecule has 1 aromatic carbocycles. The standard InChI is InChI=1S/C17H24N3O5P/c1-24-15-8-13-14(9-16(15)25-2)18-11-19-17(13)20-6-3-4-12(5-7-20)10-26(21,22)23/h8-9,11-12H,3-7,10H2,1-2H3,(H2,21,22,23)/t12-/m0/s1. The predicted molar refractivity (Wildman–Crippen MR) is 99.1 cm³/mol. The second-order valence-corrected chi connectivity index (χ2v) is 8.25. The zero-order chi connectivity index (χ0) is 18.7. The maximum atomic E-state index is 11.3. The molecule has 0 saturated carbocycles. The van der Waals surface area contributed by atoms with Crippen molar-refractivity contribution in [1.29, 1.82) is 0 Å². The highest BCUT2D eigenvalue weighted by Crippen LogP contribution is 2.40. The van der Waals surface area contributed by atoms with E-state index in [-0.39, 0.29) is 12.1 Å². The van der Waals surface area contributed by atoms with Crippen molar-refractivity contribution >= 4 is 24.3 Å². The van der Waals surface area contributed by atoms with Crippen molar-refractivity contribution < 1.29 is 23.8 Å². The van der Waals surface area contributed by atoms with Gasteiger partial charge in [-0.15, -0.1) is 0 Å². The van der Waals surface area contributed by atoms with Gasteiger partial charge >= 0.3 is 7.60 Å². The van der Waals surface area contributed by atoms with Crippen molar-refractivity contribution in [2.45, 2.75) is 19.3 Å². The molecule has 1 aromatic heterocycles. The highest BCUT2D eigenvalue weighted by molar-refractivity contribution is 7.51. The lowest BCUT2D eigenvalue weighted by Gasteiger charge is -2.23. The number of nitrogens with zero attached hydrogens (tertiary/aromatic N) is 3. The summed E-state index contributed by atoms with van der Waals surface area (Å²) in [6.07, 6.45) is 3.88. The minimum absolute atomic E-state index is 0.0311. The van der Waals surface area contributed by atoms with Gasteiger partial charge in [-0.05, 0) is 31.2 Å². The molecule has 3 rings (SSSR count). The van der Waals surface area contributed by atoms with E-state index < -0.39 is 7.60 Å². The Hall–Kier alpha value is -1.89. The normalized spacial score (nSPS) is 18.6. The summed E-state index contributed by atoms with van der Waals surface area (Å²) in [5.41, 5.74) is 0.767. The van der Waals surface area contributed by atoms with Crippen LogP contribution < -0.4 is 14.4 Å². The first kappa shape index (κ1) is 18.9. The number of benzene rings is 1. The van der Waals surface area contributed by atoms with Gasteiger partial charge in [0.25, 0.3) is 0 Å². The highest BCUT2D eigenvalue weighted by atomic mass is 31.2. The molecule has 9 heteroatoms. The largest absolute Gasteiger partial charge is 0.493 e. The summed E-state index contributed by atoms with van der Waals surface area (Å²) in [5.74, 6) is 2.07. The van der Waals surface area contributed by atoms with Crippen molar-refractivity contribution in [3.8, 4) is 11.5 Å². The van der Waals surface area contributed by atoms with Gasteiger partial charge in [0.1, 0.15) is 12.1 Å². The quantitative estimate of drug-likeness (QED) is 0.761. The molecule has 1 saturated heterocycles. The van der Waals surface area contributed by atoms with Gasteiger partial charge in [-0.3, -0.25) is 4.57 Å². The van der Waals surface area contributed by atoms with Crippen molar-refractivity contribution in [2.75, 3.05) is 38.4 Å².